The Morgan fingerprint density at radius 1 is 1.42 bits per heavy atom. The van der Waals surface area contributed by atoms with E-state index in [1.165, 1.54) is 4.88 Å². The molecule has 0 radical (unpaired) electrons. The molecule has 126 valence electrons. The standard InChI is InChI=1S/C18H21N3O2S/c1-3-14-11(2)24-17(21-14)8-9-19-18(23)13-10-16(22)20-15-7-5-4-6-12(13)15/h4-7,13H,3,8-10H2,1-2H3,(H,19,23)(H,20,22)/t13-/m1/s1. The molecule has 1 aromatic carbocycles. The number of thiazole rings is 1. The normalized spacial score (nSPS) is 16.4. The van der Waals surface area contributed by atoms with Gasteiger partial charge in [-0.15, -0.1) is 11.3 Å². The molecule has 24 heavy (non-hydrogen) atoms. The van der Waals surface area contributed by atoms with Crippen molar-refractivity contribution in [1.82, 2.24) is 10.3 Å². The fraction of sp³-hybridized carbons (Fsp3) is 0.389. The molecule has 1 aliphatic rings. The Labute approximate surface area is 145 Å². The van der Waals surface area contributed by atoms with E-state index < -0.39 is 5.92 Å². The van der Waals surface area contributed by atoms with Crippen LogP contribution in [0.5, 0.6) is 0 Å². The van der Waals surface area contributed by atoms with Gasteiger partial charge in [-0.3, -0.25) is 9.59 Å². The summed E-state index contributed by atoms with van der Waals surface area (Å²) in [4.78, 5) is 30.2. The molecule has 0 unspecified atom stereocenters. The monoisotopic (exact) mass is 343 g/mol. The molecule has 0 bridgehead atoms. The van der Waals surface area contributed by atoms with Gasteiger partial charge in [-0.25, -0.2) is 4.98 Å². The number of nitrogens with zero attached hydrogens (tertiary/aromatic N) is 1. The molecule has 2 heterocycles. The molecule has 0 aliphatic carbocycles. The average Bonchev–Trinajstić information content (AvgIpc) is 2.93. The summed E-state index contributed by atoms with van der Waals surface area (Å²) >= 11 is 1.69. The van der Waals surface area contributed by atoms with Crippen molar-refractivity contribution in [1.29, 1.82) is 0 Å². The molecule has 3 rings (SSSR count). The van der Waals surface area contributed by atoms with Crippen LogP contribution < -0.4 is 10.6 Å². The van der Waals surface area contributed by atoms with Crippen LogP contribution in [0.2, 0.25) is 0 Å². The predicted octanol–water partition coefficient (Wildman–Crippen LogP) is 2.80. The van der Waals surface area contributed by atoms with E-state index in [0.717, 1.165) is 34.8 Å². The first-order chi connectivity index (χ1) is 11.6. The van der Waals surface area contributed by atoms with Gasteiger partial charge >= 0.3 is 0 Å². The second kappa shape index (κ2) is 7.13. The summed E-state index contributed by atoms with van der Waals surface area (Å²) in [5.41, 5.74) is 2.75. The highest BCUT2D eigenvalue weighted by molar-refractivity contribution is 7.11. The van der Waals surface area contributed by atoms with Gasteiger partial charge in [0, 0.05) is 30.0 Å². The van der Waals surface area contributed by atoms with E-state index in [1.54, 1.807) is 11.3 Å². The zero-order valence-electron chi connectivity index (χ0n) is 13.9. The molecule has 5 nitrogen and oxygen atoms in total. The number of carbonyl (C=O) groups excluding carboxylic acids is 2. The number of nitrogens with one attached hydrogen (secondary N) is 2. The van der Waals surface area contributed by atoms with Crippen molar-refractivity contribution >= 4 is 28.8 Å². The molecule has 1 aromatic heterocycles. The third-order valence-electron chi connectivity index (χ3n) is 4.23. The zero-order chi connectivity index (χ0) is 17.1. The molecular weight excluding hydrogens is 322 g/mol. The van der Waals surface area contributed by atoms with Gasteiger partial charge in [-0.1, -0.05) is 25.1 Å². The van der Waals surface area contributed by atoms with Crippen molar-refractivity contribution in [2.75, 3.05) is 11.9 Å². The van der Waals surface area contributed by atoms with Gasteiger partial charge in [0.05, 0.1) is 16.6 Å². The minimum atomic E-state index is -0.417. The third-order valence-corrected chi connectivity index (χ3v) is 5.30. The number of aromatic nitrogens is 1. The van der Waals surface area contributed by atoms with E-state index in [-0.39, 0.29) is 18.2 Å². The highest BCUT2D eigenvalue weighted by Crippen LogP contribution is 2.31. The SMILES string of the molecule is CCc1nc(CCNC(=O)[C@@H]2CC(=O)Nc3ccccc32)sc1C. The lowest BCUT2D eigenvalue weighted by atomic mass is 9.90. The summed E-state index contributed by atoms with van der Waals surface area (Å²) in [6, 6.07) is 7.48. The molecule has 2 N–H and O–H groups in total. The van der Waals surface area contributed by atoms with Crippen LogP contribution in [0.15, 0.2) is 24.3 Å². The maximum atomic E-state index is 12.5. The second-order valence-corrected chi connectivity index (χ2v) is 7.18. The zero-order valence-corrected chi connectivity index (χ0v) is 14.7. The number of rotatable bonds is 5. The van der Waals surface area contributed by atoms with E-state index in [9.17, 15) is 9.59 Å². The molecule has 2 amide bonds. The van der Waals surface area contributed by atoms with E-state index in [0.29, 0.717) is 6.54 Å². The lowest BCUT2D eigenvalue weighted by molar-refractivity contribution is -0.126. The first-order valence-electron chi connectivity index (χ1n) is 8.20. The first kappa shape index (κ1) is 16.6. The van der Waals surface area contributed by atoms with Crippen molar-refractivity contribution in [3.63, 3.8) is 0 Å². The van der Waals surface area contributed by atoms with Gasteiger partial charge in [-0.05, 0) is 25.0 Å². The van der Waals surface area contributed by atoms with Crippen molar-refractivity contribution in [2.24, 2.45) is 0 Å². The Morgan fingerprint density at radius 2 is 2.21 bits per heavy atom. The molecular formula is C18H21N3O2S. The van der Waals surface area contributed by atoms with Gasteiger partial charge in [0.25, 0.3) is 0 Å². The number of aryl methyl sites for hydroxylation is 2. The number of hydrogen-bond acceptors (Lipinski definition) is 4. The van der Waals surface area contributed by atoms with Crippen LogP contribution in [0.1, 0.15) is 40.4 Å². The number of para-hydroxylation sites is 1. The summed E-state index contributed by atoms with van der Waals surface area (Å²) in [5.74, 6) is -0.627. The number of benzene rings is 1. The molecule has 1 atom stereocenters. The van der Waals surface area contributed by atoms with E-state index in [1.807, 2.05) is 24.3 Å². The van der Waals surface area contributed by atoms with Crippen LogP contribution in [-0.2, 0) is 22.4 Å². The number of hydrogen-bond donors (Lipinski definition) is 2. The quantitative estimate of drug-likeness (QED) is 0.877. The molecule has 6 heteroatoms. The first-order valence-corrected chi connectivity index (χ1v) is 9.01. The number of fused-ring (bicyclic) bond motifs is 1. The summed E-state index contributed by atoms with van der Waals surface area (Å²) in [5, 5.41) is 6.82. The number of amides is 2. The maximum absolute atomic E-state index is 12.5. The minimum Gasteiger partial charge on any atom is -0.355 e. The fourth-order valence-electron chi connectivity index (χ4n) is 2.98. The lowest BCUT2D eigenvalue weighted by Crippen LogP contribution is -2.35. The molecule has 0 saturated heterocycles. The Kier molecular flexibility index (Phi) is 4.94. The van der Waals surface area contributed by atoms with Gasteiger partial charge in [0.15, 0.2) is 0 Å². The summed E-state index contributed by atoms with van der Waals surface area (Å²) < 4.78 is 0. The van der Waals surface area contributed by atoms with Crippen molar-refractivity contribution in [3.05, 3.63) is 45.4 Å². The van der Waals surface area contributed by atoms with Crippen LogP contribution >= 0.6 is 11.3 Å². The minimum absolute atomic E-state index is 0.0960. The number of carbonyl (C=O) groups is 2. The molecule has 0 fully saturated rings. The largest absolute Gasteiger partial charge is 0.355 e. The van der Waals surface area contributed by atoms with E-state index >= 15 is 0 Å². The van der Waals surface area contributed by atoms with Crippen molar-refractivity contribution in [2.45, 2.75) is 39.0 Å². The fourth-order valence-corrected chi connectivity index (χ4v) is 4.00. The highest BCUT2D eigenvalue weighted by atomic mass is 32.1. The molecule has 2 aromatic rings. The molecule has 0 saturated carbocycles. The highest BCUT2D eigenvalue weighted by Gasteiger charge is 2.30. The Hall–Kier alpha value is -2.21. The van der Waals surface area contributed by atoms with E-state index in [4.69, 9.17) is 0 Å². The van der Waals surface area contributed by atoms with Crippen molar-refractivity contribution < 1.29 is 9.59 Å². The van der Waals surface area contributed by atoms with Crippen LogP contribution in [0, 0.1) is 6.92 Å². The lowest BCUT2D eigenvalue weighted by Gasteiger charge is -2.24. The Balaban J connectivity index is 1.62. The predicted molar refractivity (Wildman–Crippen MR) is 95.4 cm³/mol. The van der Waals surface area contributed by atoms with Crippen molar-refractivity contribution in [3.8, 4) is 0 Å². The second-order valence-electron chi connectivity index (χ2n) is 5.90. The van der Waals surface area contributed by atoms with Gasteiger partial charge in [-0.2, -0.15) is 0 Å². The maximum Gasteiger partial charge on any atom is 0.228 e. The van der Waals surface area contributed by atoms with Crippen LogP contribution in [0.4, 0.5) is 5.69 Å². The van der Waals surface area contributed by atoms with Gasteiger partial charge in [0.1, 0.15) is 0 Å². The van der Waals surface area contributed by atoms with Crippen LogP contribution in [0.3, 0.4) is 0 Å². The summed E-state index contributed by atoms with van der Waals surface area (Å²) in [6.45, 7) is 4.71. The topological polar surface area (TPSA) is 71.1 Å². The van der Waals surface area contributed by atoms with E-state index in [2.05, 4.69) is 29.5 Å². The summed E-state index contributed by atoms with van der Waals surface area (Å²) in [6.07, 6.45) is 1.85. The van der Waals surface area contributed by atoms with Gasteiger partial charge in [0.2, 0.25) is 11.8 Å². The molecule has 1 aliphatic heterocycles. The number of anilines is 1. The summed E-state index contributed by atoms with van der Waals surface area (Å²) in [7, 11) is 0. The van der Waals surface area contributed by atoms with Crippen LogP contribution in [0.25, 0.3) is 0 Å². The molecule has 0 spiro atoms. The smallest absolute Gasteiger partial charge is 0.228 e. The average molecular weight is 343 g/mol. The van der Waals surface area contributed by atoms with Crippen LogP contribution in [-0.4, -0.2) is 23.3 Å². The third kappa shape index (κ3) is 3.48. The Bertz CT molecular complexity index is 769. The van der Waals surface area contributed by atoms with Gasteiger partial charge < -0.3 is 10.6 Å². The Morgan fingerprint density at radius 3 is 2.96 bits per heavy atom.